The third kappa shape index (κ3) is 3.09. The molecule has 0 aromatic rings. The third-order valence-corrected chi connectivity index (χ3v) is 2.39. The highest BCUT2D eigenvalue weighted by atomic mass is 16.5. The van der Waals surface area contributed by atoms with E-state index in [1.165, 1.54) is 6.42 Å². The first kappa shape index (κ1) is 9.96. The van der Waals surface area contributed by atoms with Crippen LogP contribution in [0.25, 0.3) is 0 Å². The zero-order valence-electron chi connectivity index (χ0n) is 7.75. The van der Waals surface area contributed by atoms with Crippen molar-refractivity contribution in [1.82, 2.24) is 5.32 Å². The summed E-state index contributed by atoms with van der Waals surface area (Å²) in [4.78, 5) is 0. The fourth-order valence-corrected chi connectivity index (χ4v) is 1.48. The Kier molecular flexibility index (Phi) is 4.58. The minimum Gasteiger partial charge on any atom is -0.396 e. The van der Waals surface area contributed by atoms with Crippen molar-refractivity contribution in [3.8, 4) is 0 Å². The molecule has 1 aliphatic rings. The monoisotopic (exact) mass is 173 g/mol. The molecule has 3 heteroatoms. The summed E-state index contributed by atoms with van der Waals surface area (Å²) in [7, 11) is 0. The summed E-state index contributed by atoms with van der Waals surface area (Å²) in [6.45, 7) is 5.22. The number of ether oxygens (including phenoxy) is 1. The number of rotatable bonds is 4. The van der Waals surface area contributed by atoms with Gasteiger partial charge in [0, 0.05) is 19.8 Å². The van der Waals surface area contributed by atoms with Crippen LogP contribution in [0.4, 0.5) is 0 Å². The summed E-state index contributed by atoms with van der Waals surface area (Å²) in [5.74, 6) is 0.657. The van der Waals surface area contributed by atoms with E-state index in [4.69, 9.17) is 9.84 Å². The Bertz CT molecular complexity index is 119. The first-order valence-corrected chi connectivity index (χ1v) is 4.77. The van der Waals surface area contributed by atoms with Gasteiger partial charge in [0.15, 0.2) is 0 Å². The van der Waals surface area contributed by atoms with Crippen LogP contribution >= 0.6 is 0 Å². The van der Waals surface area contributed by atoms with Gasteiger partial charge >= 0.3 is 0 Å². The molecule has 72 valence electrons. The molecule has 2 atom stereocenters. The standard InChI is InChI=1S/C9H19NO2/c1-8-3-4-10-7-9(8)12-6-2-5-11/h8-11H,2-7H2,1H3. The molecule has 2 N–H and O–H groups in total. The van der Waals surface area contributed by atoms with E-state index in [0.29, 0.717) is 18.6 Å². The maximum absolute atomic E-state index is 8.57. The summed E-state index contributed by atoms with van der Waals surface area (Å²) in [5, 5.41) is 11.9. The molecule has 3 nitrogen and oxygen atoms in total. The van der Waals surface area contributed by atoms with Crippen molar-refractivity contribution >= 4 is 0 Å². The lowest BCUT2D eigenvalue weighted by atomic mass is 9.97. The second-order valence-corrected chi connectivity index (χ2v) is 3.46. The fraction of sp³-hybridized carbons (Fsp3) is 1.00. The predicted molar refractivity (Wildman–Crippen MR) is 48.1 cm³/mol. The van der Waals surface area contributed by atoms with E-state index in [1.54, 1.807) is 0 Å². The van der Waals surface area contributed by atoms with Crippen LogP contribution in [-0.4, -0.2) is 37.5 Å². The largest absolute Gasteiger partial charge is 0.396 e. The molecule has 1 heterocycles. The van der Waals surface area contributed by atoms with Crippen LogP contribution in [0.15, 0.2) is 0 Å². The second kappa shape index (κ2) is 5.51. The van der Waals surface area contributed by atoms with Crippen molar-refractivity contribution in [2.45, 2.75) is 25.9 Å². The summed E-state index contributed by atoms with van der Waals surface area (Å²) < 4.78 is 5.61. The van der Waals surface area contributed by atoms with Crippen LogP contribution in [-0.2, 0) is 4.74 Å². The minimum absolute atomic E-state index is 0.231. The molecule has 12 heavy (non-hydrogen) atoms. The van der Waals surface area contributed by atoms with Gasteiger partial charge in [-0.05, 0) is 25.3 Å². The molecule has 1 saturated heterocycles. The lowest BCUT2D eigenvalue weighted by molar-refractivity contribution is -0.00138. The van der Waals surface area contributed by atoms with Crippen molar-refractivity contribution in [3.05, 3.63) is 0 Å². The van der Waals surface area contributed by atoms with Crippen molar-refractivity contribution in [2.75, 3.05) is 26.3 Å². The SMILES string of the molecule is CC1CCNCC1OCCCO. The molecule has 0 amide bonds. The zero-order chi connectivity index (χ0) is 8.81. The van der Waals surface area contributed by atoms with E-state index in [9.17, 15) is 0 Å². The van der Waals surface area contributed by atoms with Crippen LogP contribution in [0, 0.1) is 5.92 Å². The van der Waals surface area contributed by atoms with E-state index in [-0.39, 0.29) is 6.61 Å². The molecule has 1 rings (SSSR count). The molecule has 0 aliphatic carbocycles. The van der Waals surface area contributed by atoms with Gasteiger partial charge in [-0.1, -0.05) is 6.92 Å². The minimum atomic E-state index is 0.231. The Morgan fingerprint density at radius 3 is 3.08 bits per heavy atom. The molecule has 0 aromatic carbocycles. The smallest absolute Gasteiger partial charge is 0.0725 e. The van der Waals surface area contributed by atoms with Crippen LogP contribution < -0.4 is 5.32 Å². The molecule has 0 radical (unpaired) electrons. The summed E-state index contributed by atoms with van der Waals surface area (Å²) in [6.07, 6.45) is 2.30. The van der Waals surface area contributed by atoms with Crippen LogP contribution in [0.2, 0.25) is 0 Å². The number of aliphatic hydroxyl groups is 1. The van der Waals surface area contributed by atoms with Crippen LogP contribution in [0.5, 0.6) is 0 Å². The molecule has 0 saturated carbocycles. The topological polar surface area (TPSA) is 41.5 Å². The lowest BCUT2D eigenvalue weighted by Crippen LogP contribution is -2.41. The Morgan fingerprint density at radius 2 is 2.42 bits per heavy atom. The molecule has 2 unspecified atom stereocenters. The van der Waals surface area contributed by atoms with E-state index in [2.05, 4.69) is 12.2 Å². The average molecular weight is 173 g/mol. The molecule has 0 bridgehead atoms. The summed E-state index contributed by atoms with van der Waals surface area (Å²) in [6, 6.07) is 0. The lowest BCUT2D eigenvalue weighted by Gasteiger charge is -2.29. The highest BCUT2D eigenvalue weighted by molar-refractivity contribution is 4.75. The summed E-state index contributed by atoms with van der Waals surface area (Å²) >= 11 is 0. The maximum atomic E-state index is 8.57. The predicted octanol–water partition coefficient (Wildman–Crippen LogP) is 0.383. The second-order valence-electron chi connectivity index (χ2n) is 3.46. The molecule has 0 aromatic heterocycles. The average Bonchev–Trinajstić information content (AvgIpc) is 2.09. The third-order valence-electron chi connectivity index (χ3n) is 2.39. The molecule has 1 fully saturated rings. The number of hydrogen-bond donors (Lipinski definition) is 2. The van der Waals surface area contributed by atoms with Gasteiger partial charge in [0.2, 0.25) is 0 Å². The molecule has 0 spiro atoms. The maximum Gasteiger partial charge on any atom is 0.0725 e. The van der Waals surface area contributed by atoms with Gasteiger partial charge in [0.05, 0.1) is 6.10 Å². The van der Waals surface area contributed by atoms with Crippen molar-refractivity contribution < 1.29 is 9.84 Å². The zero-order valence-corrected chi connectivity index (χ0v) is 7.75. The van der Waals surface area contributed by atoms with Crippen molar-refractivity contribution in [1.29, 1.82) is 0 Å². The quantitative estimate of drug-likeness (QED) is 0.604. The Labute approximate surface area is 74.1 Å². The van der Waals surface area contributed by atoms with E-state index in [0.717, 1.165) is 19.5 Å². The van der Waals surface area contributed by atoms with Crippen LogP contribution in [0.3, 0.4) is 0 Å². The van der Waals surface area contributed by atoms with Gasteiger partial charge in [-0.2, -0.15) is 0 Å². The highest BCUT2D eigenvalue weighted by Crippen LogP contribution is 2.14. The van der Waals surface area contributed by atoms with E-state index in [1.807, 2.05) is 0 Å². The van der Waals surface area contributed by atoms with Gasteiger partial charge < -0.3 is 15.2 Å². The first-order valence-electron chi connectivity index (χ1n) is 4.77. The molecular weight excluding hydrogens is 154 g/mol. The van der Waals surface area contributed by atoms with Crippen molar-refractivity contribution in [3.63, 3.8) is 0 Å². The van der Waals surface area contributed by atoms with Gasteiger partial charge in [-0.25, -0.2) is 0 Å². The van der Waals surface area contributed by atoms with Crippen molar-refractivity contribution in [2.24, 2.45) is 5.92 Å². The Morgan fingerprint density at radius 1 is 1.58 bits per heavy atom. The Hall–Kier alpha value is -0.120. The number of nitrogens with one attached hydrogen (secondary N) is 1. The van der Waals surface area contributed by atoms with Gasteiger partial charge in [0.1, 0.15) is 0 Å². The van der Waals surface area contributed by atoms with E-state index >= 15 is 0 Å². The molecule has 1 aliphatic heterocycles. The van der Waals surface area contributed by atoms with Crippen LogP contribution in [0.1, 0.15) is 19.8 Å². The fourth-order valence-electron chi connectivity index (χ4n) is 1.48. The molecular formula is C9H19NO2. The van der Waals surface area contributed by atoms with Gasteiger partial charge in [0.25, 0.3) is 0 Å². The normalized spacial score (nSPS) is 30.5. The first-order chi connectivity index (χ1) is 5.84. The highest BCUT2D eigenvalue weighted by Gasteiger charge is 2.20. The number of piperidine rings is 1. The van der Waals surface area contributed by atoms with Gasteiger partial charge in [-0.3, -0.25) is 0 Å². The Balaban J connectivity index is 2.11. The van der Waals surface area contributed by atoms with E-state index < -0.39 is 0 Å². The number of aliphatic hydroxyl groups excluding tert-OH is 1. The van der Waals surface area contributed by atoms with Gasteiger partial charge in [-0.15, -0.1) is 0 Å². The number of hydrogen-bond acceptors (Lipinski definition) is 3. The summed E-state index contributed by atoms with van der Waals surface area (Å²) in [5.41, 5.74) is 0.